The van der Waals surface area contributed by atoms with Crippen molar-refractivity contribution in [2.45, 2.75) is 13.0 Å². The van der Waals surface area contributed by atoms with Gasteiger partial charge < -0.3 is 5.11 Å². The Balaban J connectivity index is 2.00. The van der Waals surface area contributed by atoms with E-state index >= 15 is 0 Å². The summed E-state index contributed by atoms with van der Waals surface area (Å²) in [6, 6.07) is 9.33. The van der Waals surface area contributed by atoms with Crippen LogP contribution in [0.15, 0.2) is 35.3 Å². The van der Waals surface area contributed by atoms with E-state index in [1.807, 2.05) is 31.2 Å². The van der Waals surface area contributed by atoms with Crippen molar-refractivity contribution >= 4 is 33.7 Å². The number of carboxylic acid groups (broad SMARTS) is 1. The van der Waals surface area contributed by atoms with Crippen LogP contribution >= 0.6 is 11.8 Å². The third kappa shape index (κ3) is 2.33. The molecule has 2 aromatic rings. The van der Waals surface area contributed by atoms with Crippen LogP contribution < -0.4 is 0 Å². The second-order valence-electron chi connectivity index (χ2n) is 4.49. The zero-order valence-corrected chi connectivity index (χ0v) is 11.1. The second kappa shape index (κ2) is 4.66. The van der Waals surface area contributed by atoms with Crippen LogP contribution in [-0.2, 0) is 4.79 Å². The van der Waals surface area contributed by atoms with Crippen LogP contribution in [-0.4, -0.2) is 32.9 Å². The average molecular weight is 272 g/mol. The standard InChI is InChI=1S/C14H12N2O2S/c1-8-2-4-10-9(6-8)3-5-11(15-10)13-16-12(7-19-13)14(17)18/h2-6,12H,7H2,1H3,(H,17,18)/t12-/m1/s1. The Morgan fingerprint density at radius 1 is 1.37 bits per heavy atom. The van der Waals surface area contributed by atoms with Gasteiger partial charge in [-0.15, -0.1) is 11.8 Å². The lowest BCUT2D eigenvalue weighted by atomic mass is 10.1. The zero-order chi connectivity index (χ0) is 13.4. The van der Waals surface area contributed by atoms with Crippen molar-refractivity contribution in [3.05, 3.63) is 41.6 Å². The van der Waals surface area contributed by atoms with Crippen molar-refractivity contribution in [2.24, 2.45) is 4.99 Å². The van der Waals surface area contributed by atoms with Gasteiger partial charge in [-0.2, -0.15) is 0 Å². The van der Waals surface area contributed by atoms with Crippen LogP contribution in [0.3, 0.4) is 0 Å². The highest BCUT2D eigenvalue weighted by Gasteiger charge is 2.25. The van der Waals surface area contributed by atoms with Crippen molar-refractivity contribution in [2.75, 3.05) is 5.75 Å². The van der Waals surface area contributed by atoms with E-state index in [1.165, 1.54) is 17.3 Å². The molecular weight excluding hydrogens is 260 g/mol. The highest BCUT2D eigenvalue weighted by atomic mass is 32.2. The van der Waals surface area contributed by atoms with E-state index in [-0.39, 0.29) is 0 Å². The third-order valence-electron chi connectivity index (χ3n) is 3.00. The fourth-order valence-corrected chi connectivity index (χ4v) is 3.00. The van der Waals surface area contributed by atoms with E-state index in [4.69, 9.17) is 5.11 Å². The largest absolute Gasteiger partial charge is 0.480 e. The van der Waals surface area contributed by atoms with Crippen LogP contribution in [0, 0.1) is 6.92 Å². The van der Waals surface area contributed by atoms with Crippen molar-refractivity contribution < 1.29 is 9.90 Å². The Morgan fingerprint density at radius 3 is 2.95 bits per heavy atom. The molecule has 0 unspecified atom stereocenters. The maximum absolute atomic E-state index is 10.9. The molecule has 0 saturated carbocycles. The number of thioether (sulfide) groups is 1. The van der Waals surface area contributed by atoms with Gasteiger partial charge in [0.05, 0.1) is 11.2 Å². The van der Waals surface area contributed by atoms with E-state index in [9.17, 15) is 4.79 Å². The van der Waals surface area contributed by atoms with Gasteiger partial charge in [-0.3, -0.25) is 4.99 Å². The normalized spacial score (nSPS) is 18.6. The summed E-state index contributed by atoms with van der Waals surface area (Å²) in [4.78, 5) is 19.6. The summed E-state index contributed by atoms with van der Waals surface area (Å²) in [6.45, 7) is 2.04. The van der Waals surface area contributed by atoms with Crippen molar-refractivity contribution in [3.63, 3.8) is 0 Å². The fraction of sp³-hybridized carbons (Fsp3) is 0.214. The van der Waals surface area contributed by atoms with Gasteiger partial charge in [0.2, 0.25) is 0 Å². The number of carboxylic acids is 1. The predicted octanol–water partition coefficient (Wildman–Crippen LogP) is 2.49. The summed E-state index contributed by atoms with van der Waals surface area (Å²) in [5, 5.41) is 10.7. The first-order valence-corrected chi connectivity index (χ1v) is 6.93. The number of pyridine rings is 1. The van der Waals surface area contributed by atoms with Gasteiger partial charge >= 0.3 is 5.97 Å². The molecule has 1 aromatic heterocycles. The summed E-state index contributed by atoms with van der Waals surface area (Å²) in [5.41, 5.74) is 2.86. The molecule has 1 aromatic carbocycles. The number of aromatic nitrogens is 1. The molecule has 0 bridgehead atoms. The molecule has 5 heteroatoms. The number of aliphatic imine (C=N–C) groups is 1. The summed E-state index contributed by atoms with van der Waals surface area (Å²) < 4.78 is 0. The highest BCUT2D eigenvalue weighted by molar-refractivity contribution is 8.14. The molecule has 0 radical (unpaired) electrons. The Morgan fingerprint density at radius 2 is 2.21 bits per heavy atom. The van der Waals surface area contributed by atoms with E-state index in [1.54, 1.807) is 0 Å². The molecular formula is C14H12N2O2S. The van der Waals surface area contributed by atoms with Gasteiger partial charge in [0, 0.05) is 11.1 Å². The minimum atomic E-state index is -0.876. The van der Waals surface area contributed by atoms with Crippen molar-refractivity contribution in [3.8, 4) is 0 Å². The molecule has 96 valence electrons. The smallest absolute Gasteiger partial charge is 0.329 e. The first kappa shape index (κ1) is 12.2. The minimum Gasteiger partial charge on any atom is -0.480 e. The quantitative estimate of drug-likeness (QED) is 0.912. The van der Waals surface area contributed by atoms with Gasteiger partial charge in [0.25, 0.3) is 0 Å². The minimum absolute atomic E-state index is 0.484. The second-order valence-corrected chi connectivity index (χ2v) is 5.50. The van der Waals surface area contributed by atoms with Gasteiger partial charge in [-0.1, -0.05) is 17.7 Å². The molecule has 1 aliphatic rings. The van der Waals surface area contributed by atoms with Crippen LogP contribution in [0.2, 0.25) is 0 Å². The number of aryl methyl sites for hydroxylation is 1. The lowest BCUT2D eigenvalue weighted by Gasteiger charge is -2.02. The summed E-state index contributed by atoms with van der Waals surface area (Å²) in [5.74, 6) is -0.392. The number of hydrogen-bond donors (Lipinski definition) is 1. The molecule has 0 spiro atoms. The Labute approximate surface area is 114 Å². The molecule has 19 heavy (non-hydrogen) atoms. The Bertz CT molecular complexity index is 697. The average Bonchev–Trinajstić information content (AvgIpc) is 2.88. The van der Waals surface area contributed by atoms with E-state index in [2.05, 4.69) is 16.0 Å². The molecule has 1 N–H and O–H groups in total. The first-order chi connectivity index (χ1) is 9.13. The van der Waals surface area contributed by atoms with Gasteiger partial charge in [0.15, 0.2) is 6.04 Å². The number of carbonyl (C=O) groups is 1. The monoisotopic (exact) mass is 272 g/mol. The summed E-state index contributed by atoms with van der Waals surface area (Å²) in [7, 11) is 0. The maximum Gasteiger partial charge on any atom is 0.329 e. The summed E-state index contributed by atoms with van der Waals surface area (Å²) in [6.07, 6.45) is 0. The molecule has 0 fully saturated rings. The maximum atomic E-state index is 10.9. The molecule has 0 saturated heterocycles. The van der Waals surface area contributed by atoms with Crippen molar-refractivity contribution in [1.29, 1.82) is 0 Å². The lowest BCUT2D eigenvalue weighted by Crippen LogP contribution is -2.17. The lowest BCUT2D eigenvalue weighted by molar-refractivity contribution is -0.137. The number of hydrogen-bond acceptors (Lipinski definition) is 4. The molecule has 0 amide bonds. The molecule has 1 atom stereocenters. The first-order valence-electron chi connectivity index (χ1n) is 5.95. The molecule has 2 heterocycles. The van der Waals surface area contributed by atoms with Gasteiger partial charge in [-0.05, 0) is 25.1 Å². The third-order valence-corrected chi connectivity index (χ3v) is 4.07. The zero-order valence-electron chi connectivity index (χ0n) is 10.3. The van der Waals surface area contributed by atoms with Crippen LogP contribution in [0.5, 0.6) is 0 Å². The number of rotatable bonds is 2. The number of benzene rings is 1. The van der Waals surface area contributed by atoms with E-state index < -0.39 is 12.0 Å². The Kier molecular flexibility index (Phi) is 2.98. The molecule has 0 aliphatic carbocycles. The molecule has 1 aliphatic heterocycles. The summed E-state index contributed by atoms with van der Waals surface area (Å²) >= 11 is 1.45. The van der Waals surface area contributed by atoms with Crippen molar-refractivity contribution in [1.82, 2.24) is 4.98 Å². The van der Waals surface area contributed by atoms with Gasteiger partial charge in [0.1, 0.15) is 5.04 Å². The SMILES string of the molecule is Cc1ccc2nc(C3=N[C@@H](C(=O)O)CS3)ccc2c1. The topological polar surface area (TPSA) is 62.5 Å². The molecule has 4 nitrogen and oxygen atoms in total. The van der Waals surface area contributed by atoms with Crippen LogP contribution in [0.4, 0.5) is 0 Å². The fourth-order valence-electron chi connectivity index (χ4n) is 2.00. The highest BCUT2D eigenvalue weighted by Crippen LogP contribution is 2.24. The number of aliphatic carboxylic acids is 1. The predicted molar refractivity (Wildman–Crippen MR) is 76.9 cm³/mol. The van der Waals surface area contributed by atoms with E-state index in [0.717, 1.165) is 21.6 Å². The number of nitrogens with zero attached hydrogens (tertiary/aromatic N) is 2. The Hall–Kier alpha value is -1.88. The molecule has 3 rings (SSSR count). The van der Waals surface area contributed by atoms with Crippen LogP contribution in [0.25, 0.3) is 10.9 Å². The van der Waals surface area contributed by atoms with E-state index in [0.29, 0.717) is 5.75 Å². The van der Waals surface area contributed by atoms with Crippen LogP contribution in [0.1, 0.15) is 11.3 Å². The van der Waals surface area contributed by atoms with Gasteiger partial charge in [-0.25, -0.2) is 9.78 Å². The number of fused-ring (bicyclic) bond motifs is 1.